The molecule has 1 fully saturated rings. The first-order valence-corrected chi connectivity index (χ1v) is 10.5. The molecule has 1 heterocycles. The summed E-state index contributed by atoms with van der Waals surface area (Å²) in [7, 11) is 0. The van der Waals surface area contributed by atoms with E-state index in [1.165, 1.54) is 12.1 Å². The van der Waals surface area contributed by atoms with Gasteiger partial charge < -0.3 is 20.6 Å². The second-order valence-electron chi connectivity index (χ2n) is 7.56. The molecule has 3 N–H and O–H groups in total. The number of hydrogen-bond donors (Lipinski definition) is 3. The molecule has 0 bridgehead atoms. The highest BCUT2D eigenvalue weighted by atomic mass is 127. The minimum Gasteiger partial charge on any atom is -0.388 e. The lowest BCUT2D eigenvalue weighted by Crippen LogP contribution is -2.38. The largest absolute Gasteiger partial charge is 0.388 e. The minimum absolute atomic E-state index is 0. The molecule has 1 aliphatic heterocycles. The van der Waals surface area contributed by atoms with Gasteiger partial charge in [0.05, 0.1) is 6.10 Å². The third-order valence-corrected chi connectivity index (χ3v) is 5.30. The number of aliphatic hydroxyl groups excluding tert-OH is 1. The molecular weight excluding hydrogens is 513 g/mol. The number of guanidine groups is 1. The van der Waals surface area contributed by atoms with E-state index in [9.17, 15) is 13.9 Å². The Balaban J connectivity index is 0.00000341. The molecule has 2 aromatic carbocycles. The number of nitrogens with one attached hydrogen (secondary N) is 2. The third kappa shape index (κ3) is 7.60. The SMILES string of the molecule is CCNC(=NCC1CCN(c2ccc(F)c(F)c2)C1)NCCC(O)c1ccccc1.I. The van der Waals surface area contributed by atoms with E-state index in [0.717, 1.165) is 37.6 Å². The number of halogens is 3. The average molecular weight is 544 g/mol. The zero-order valence-corrected chi connectivity index (χ0v) is 20.1. The highest BCUT2D eigenvalue weighted by molar-refractivity contribution is 14.0. The van der Waals surface area contributed by atoms with Crippen molar-refractivity contribution in [2.75, 3.05) is 37.6 Å². The standard InChI is InChI=1S/C23H30F2N4O.HI/c1-2-26-23(27-12-10-22(30)18-6-4-3-5-7-18)28-15-17-11-13-29(16-17)19-8-9-20(24)21(25)14-19;/h3-9,14,17,22,30H,2,10-13,15-16H2,1H3,(H2,26,27,28);1H. The van der Waals surface area contributed by atoms with Gasteiger partial charge in [0.15, 0.2) is 17.6 Å². The van der Waals surface area contributed by atoms with E-state index in [4.69, 9.17) is 0 Å². The first-order valence-electron chi connectivity index (χ1n) is 10.5. The molecule has 5 nitrogen and oxygen atoms in total. The molecule has 3 rings (SSSR count). The summed E-state index contributed by atoms with van der Waals surface area (Å²) in [6.45, 7) is 5.58. The fourth-order valence-electron chi connectivity index (χ4n) is 3.63. The topological polar surface area (TPSA) is 59.9 Å². The number of anilines is 1. The highest BCUT2D eigenvalue weighted by Gasteiger charge is 2.23. The molecule has 0 amide bonds. The number of aliphatic hydroxyl groups is 1. The zero-order chi connectivity index (χ0) is 21.3. The predicted octanol–water partition coefficient (Wildman–Crippen LogP) is 4.09. The summed E-state index contributed by atoms with van der Waals surface area (Å²) in [6, 6.07) is 13.7. The second kappa shape index (κ2) is 12.8. The Morgan fingerprint density at radius 1 is 1.16 bits per heavy atom. The second-order valence-corrected chi connectivity index (χ2v) is 7.56. The molecule has 0 saturated carbocycles. The quantitative estimate of drug-likeness (QED) is 0.266. The maximum absolute atomic E-state index is 13.5. The normalized spacial score (nSPS) is 17.2. The average Bonchev–Trinajstić information content (AvgIpc) is 3.23. The number of hydrogen-bond acceptors (Lipinski definition) is 3. The van der Waals surface area contributed by atoms with Crippen LogP contribution in [0.25, 0.3) is 0 Å². The van der Waals surface area contributed by atoms with E-state index in [2.05, 4.69) is 20.5 Å². The lowest BCUT2D eigenvalue weighted by Gasteiger charge is -2.19. The molecule has 0 radical (unpaired) electrons. The molecule has 0 aliphatic carbocycles. The Labute approximate surface area is 200 Å². The number of benzene rings is 2. The van der Waals surface area contributed by atoms with Gasteiger partial charge in [0, 0.05) is 44.5 Å². The van der Waals surface area contributed by atoms with Gasteiger partial charge in [0.1, 0.15) is 0 Å². The summed E-state index contributed by atoms with van der Waals surface area (Å²) in [5, 5.41) is 16.8. The molecule has 1 aliphatic rings. The van der Waals surface area contributed by atoms with Gasteiger partial charge in [0.25, 0.3) is 0 Å². The van der Waals surface area contributed by atoms with Crippen molar-refractivity contribution in [1.29, 1.82) is 0 Å². The molecule has 8 heteroatoms. The van der Waals surface area contributed by atoms with E-state index < -0.39 is 17.7 Å². The Bertz CT molecular complexity index is 838. The lowest BCUT2D eigenvalue weighted by atomic mass is 10.1. The van der Waals surface area contributed by atoms with Crippen LogP contribution < -0.4 is 15.5 Å². The van der Waals surface area contributed by atoms with Crippen LogP contribution in [-0.2, 0) is 0 Å². The van der Waals surface area contributed by atoms with E-state index >= 15 is 0 Å². The molecule has 2 aromatic rings. The van der Waals surface area contributed by atoms with Crippen LogP contribution >= 0.6 is 24.0 Å². The van der Waals surface area contributed by atoms with Crippen molar-refractivity contribution in [1.82, 2.24) is 10.6 Å². The first kappa shape index (κ1) is 25.3. The molecule has 170 valence electrons. The lowest BCUT2D eigenvalue weighted by molar-refractivity contribution is 0.168. The van der Waals surface area contributed by atoms with Gasteiger partial charge in [-0.2, -0.15) is 0 Å². The van der Waals surface area contributed by atoms with Crippen LogP contribution in [0.1, 0.15) is 31.4 Å². The van der Waals surface area contributed by atoms with Crippen LogP contribution in [0, 0.1) is 17.6 Å². The molecule has 2 unspecified atom stereocenters. The van der Waals surface area contributed by atoms with Crippen LogP contribution in [0.2, 0.25) is 0 Å². The van der Waals surface area contributed by atoms with Crippen molar-refractivity contribution >= 4 is 35.6 Å². The third-order valence-electron chi connectivity index (χ3n) is 5.30. The van der Waals surface area contributed by atoms with Gasteiger partial charge in [-0.1, -0.05) is 30.3 Å². The van der Waals surface area contributed by atoms with Crippen molar-refractivity contribution in [3.63, 3.8) is 0 Å². The van der Waals surface area contributed by atoms with Crippen LogP contribution in [0.4, 0.5) is 14.5 Å². The van der Waals surface area contributed by atoms with Gasteiger partial charge in [0.2, 0.25) is 0 Å². The van der Waals surface area contributed by atoms with Crippen LogP contribution in [0.15, 0.2) is 53.5 Å². The Kier molecular flexibility index (Phi) is 10.5. The number of rotatable bonds is 8. The van der Waals surface area contributed by atoms with Gasteiger partial charge in [-0.25, -0.2) is 8.78 Å². The molecule has 1 saturated heterocycles. The van der Waals surface area contributed by atoms with Crippen molar-refractivity contribution < 1.29 is 13.9 Å². The van der Waals surface area contributed by atoms with Crippen molar-refractivity contribution in [2.45, 2.75) is 25.9 Å². The van der Waals surface area contributed by atoms with Crippen LogP contribution in [0.3, 0.4) is 0 Å². The fourth-order valence-corrected chi connectivity index (χ4v) is 3.63. The first-order chi connectivity index (χ1) is 14.6. The van der Waals surface area contributed by atoms with Crippen molar-refractivity contribution in [3.8, 4) is 0 Å². The number of aliphatic imine (C=N–C) groups is 1. The van der Waals surface area contributed by atoms with E-state index in [1.807, 2.05) is 37.3 Å². The molecular formula is C23H31F2IN4O. The van der Waals surface area contributed by atoms with Gasteiger partial charge >= 0.3 is 0 Å². The maximum Gasteiger partial charge on any atom is 0.191 e. The Morgan fingerprint density at radius 3 is 2.65 bits per heavy atom. The summed E-state index contributed by atoms with van der Waals surface area (Å²) in [6.07, 6.45) is 1.03. The smallest absolute Gasteiger partial charge is 0.191 e. The summed E-state index contributed by atoms with van der Waals surface area (Å²) >= 11 is 0. The number of nitrogens with zero attached hydrogens (tertiary/aromatic N) is 2. The Morgan fingerprint density at radius 2 is 1.94 bits per heavy atom. The molecule has 0 aromatic heterocycles. The van der Waals surface area contributed by atoms with E-state index in [-0.39, 0.29) is 24.0 Å². The molecule has 31 heavy (non-hydrogen) atoms. The summed E-state index contributed by atoms with van der Waals surface area (Å²) in [4.78, 5) is 6.75. The van der Waals surface area contributed by atoms with E-state index in [0.29, 0.717) is 31.1 Å². The van der Waals surface area contributed by atoms with Crippen LogP contribution in [-0.4, -0.2) is 43.8 Å². The fraction of sp³-hybridized carbons (Fsp3) is 0.435. The highest BCUT2D eigenvalue weighted by Crippen LogP contribution is 2.25. The Hall–Kier alpha value is -1.94. The van der Waals surface area contributed by atoms with Crippen molar-refractivity contribution in [3.05, 3.63) is 65.7 Å². The van der Waals surface area contributed by atoms with E-state index in [1.54, 1.807) is 6.07 Å². The van der Waals surface area contributed by atoms with Gasteiger partial charge in [-0.05, 0) is 43.4 Å². The predicted molar refractivity (Wildman–Crippen MR) is 132 cm³/mol. The summed E-state index contributed by atoms with van der Waals surface area (Å²) in [5.74, 6) is -0.560. The van der Waals surface area contributed by atoms with Gasteiger partial charge in [-0.3, -0.25) is 4.99 Å². The minimum atomic E-state index is -0.821. The summed E-state index contributed by atoms with van der Waals surface area (Å²) in [5.41, 5.74) is 1.62. The maximum atomic E-state index is 13.5. The molecule has 2 atom stereocenters. The molecule has 0 spiro atoms. The monoisotopic (exact) mass is 544 g/mol. The van der Waals surface area contributed by atoms with Crippen LogP contribution in [0.5, 0.6) is 0 Å². The zero-order valence-electron chi connectivity index (χ0n) is 17.7. The van der Waals surface area contributed by atoms with Crippen molar-refractivity contribution in [2.24, 2.45) is 10.9 Å². The van der Waals surface area contributed by atoms with Gasteiger partial charge in [-0.15, -0.1) is 24.0 Å². The summed E-state index contributed by atoms with van der Waals surface area (Å²) < 4.78 is 26.6.